The van der Waals surface area contributed by atoms with Crippen molar-refractivity contribution in [2.45, 2.75) is 38.6 Å². The van der Waals surface area contributed by atoms with Gasteiger partial charge in [0.2, 0.25) is 5.91 Å². The maximum atomic E-state index is 11.5. The van der Waals surface area contributed by atoms with E-state index in [0.29, 0.717) is 23.8 Å². The molecule has 0 aromatic carbocycles. The van der Waals surface area contributed by atoms with Gasteiger partial charge in [0.15, 0.2) is 0 Å². The van der Waals surface area contributed by atoms with Crippen LogP contribution in [0.1, 0.15) is 32.6 Å². The summed E-state index contributed by atoms with van der Waals surface area (Å²) in [5.41, 5.74) is 0. The van der Waals surface area contributed by atoms with Gasteiger partial charge >= 0.3 is 0 Å². The number of nitrogens with one attached hydrogen (secondary N) is 1. The SMILES string of the molecule is C[C@@H]1C[C@H]1C(=O)NC1CC1C1CC1. The lowest BCUT2D eigenvalue weighted by Crippen LogP contribution is -2.28. The maximum Gasteiger partial charge on any atom is 0.223 e. The molecule has 4 atom stereocenters. The van der Waals surface area contributed by atoms with E-state index >= 15 is 0 Å². The van der Waals surface area contributed by atoms with Crippen LogP contribution in [0.2, 0.25) is 0 Å². The zero-order valence-corrected chi connectivity index (χ0v) is 8.12. The minimum absolute atomic E-state index is 0.334. The summed E-state index contributed by atoms with van der Waals surface area (Å²) in [5, 5.41) is 3.18. The lowest BCUT2D eigenvalue weighted by Gasteiger charge is -2.02. The van der Waals surface area contributed by atoms with Gasteiger partial charge in [-0.25, -0.2) is 0 Å². The highest BCUT2D eigenvalue weighted by atomic mass is 16.2. The van der Waals surface area contributed by atoms with Crippen LogP contribution in [0.25, 0.3) is 0 Å². The van der Waals surface area contributed by atoms with E-state index in [2.05, 4.69) is 12.2 Å². The molecule has 2 unspecified atom stereocenters. The van der Waals surface area contributed by atoms with Gasteiger partial charge in [-0.2, -0.15) is 0 Å². The summed E-state index contributed by atoms with van der Waals surface area (Å²) in [6.45, 7) is 2.16. The van der Waals surface area contributed by atoms with Crippen LogP contribution in [0.15, 0.2) is 0 Å². The number of carbonyl (C=O) groups excluding carboxylic acids is 1. The molecule has 13 heavy (non-hydrogen) atoms. The van der Waals surface area contributed by atoms with Gasteiger partial charge in [-0.3, -0.25) is 4.79 Å². The third-order valence-electron chi connectivity index (χ3n) is 3.84. The molecule has 0 radical (unpaired) electrons. The Morgan fingerprint density at radius 2 is 2.00 bits per heavy atom. The summed E-state index contributed by atoms with van der Waals surface area (Å²) in [5.74, 6) is 3.18. The smallest absolute Gasteiger partial charge is 0.223 e. The molecule has 72 valence electrons. The van der Waals surface area contributed by atoms with Crippen LogP contribution in [0.4, 0.5) is 0 Å². The van der Waals surface area contributed by atoms with E-state index in [0.717, 1.165) is 18.3 Å². The molecule has 2 nitrogen and oxygen atoms in total. The molecule has 3 fully saturated rings. The maximum absolute atomic E-state index is 11.5. The van der Waals surface area contributed by atoms with E-state index in [1.807, 2.05) is 0 Å². The third-order valence-corrected chi connectivity index (χ3v) is 3.84. The minimum atomic E-state index is 0.334. The molecule has 1 amide bonds. The minimum Gasteiger partial charge on any atom is -0.353 e. The predicted molar refractivity (Wildman–Crippen MR) is 50.0 cm³/mol. The molecule has 0 aromatic heterocycles. The first-order chi connectivity index (χ1) is 6.25. The molecular formula is C11H17NO. The lowest BCUT2D eigenvalue weighted by atomic mass is 10.2. The highest BCUT2D eigenvalue weighted by Gasteiger charge is 2.50. The second-order valence-corrected chi connectivity index (χ2v) is 5.17. The van der Waals surface area contributed by atoms with Gasteiger partial charge in [0.05, 0.1) is 0 Å². The normalized spacial score (nSPS) is 47.2. The molecule has 0 heterocycles. The molecule has 0 aliphatic heterocycles. The van der Waals surface area contributed by atoms with Gasteiger partial charge < -0.3 is 5.32 Å². The van der Waals surface area contributed by atoms with Gasteiger partial charge in [-0.1, -0.05) is 6.92 Å². The van der Waals surface area contributed by atoms with Crippen molar-refractivity contribution in [3.63, 3.8) is 0 Å². The third kappa shape index (κ3) is 1.47. The summed E-state index contributed by atoms with van der Waals surface area (Å²) in [6.07, 6.45) is 5.21. The molecule has 3 saturated carbocycles. The van der Waals surface area contributed by atoms with Crippen molar-refractivity contribution >= 4 is 5.91 Å². The van der Waals surface area contributed by atoms with E-state index in [1.165, 1.54) is 19.3 Å². The van der Waals surface area contributed by atoms with Crippen LogP contribution in [0, 0.1) is 23.7 Å². The van der Waals surface area contributed by atoms with Gasteiger partial charge in [0, 0.05) is 12.0 Å². The Balaban J connectivity index is 1.45. The molecule has 0 aromatic rings. The molecule has 0 bridgehead atoms. The van der Waals surface area contributed by atoms with Crippen LogP contribution in [-0.2, 0) is 4.79 Å². The Labute approximate surface area is 79.1 Å². The molecular weight excluding hydrogens is 162 g/mol. The Kier molecular flexibility index (Phi) is 1.50. The van der Waals surface area contributed by atoms with E-state index in [1.54, 1.807) is 0 Å². The van der Waals surface area contributed by atoms with E-state index in [-0.39, 0.29) is 0 Å². The van der Waals surface area contributed by atoms with Crippen LogP contribution >= 0.6 is 0 Å². The number of hydrogen-bond donors (Lipinski definition) is 1. The summed E-state index contributed by atoms with van der Waals surface area (Å²) in [7, 11) is 0. The Morgan fingerprint density at radius 3 is 2.54 bits per heavy atom. The fraction of sp³-hybridized carbons (Fsp3) is 0.909. The lowest BCUT2D eigenvalue weighted by molar-refractivity contribution is -0.122. The fourth-order valence-electron chi connectivity index (χ4n) is 2.40. The first kappa shape index (κ1) is 7.84. The van der Waals surface area contributed by atoms with E-state index in [9.17, 15) is 4.79 Å². The Hall–Kier alpha value is -0.530. The van der Waals surface area contributed by atoms with Crippen molar-refractivity contribution in [3.8, 4) is 0 Å². The molecule has 0 saturated heterocycles. The summed E-state index contributed by atoms with van der Waals surface area (Å²) in [4.78, 5) is 11.5. The van der Waals surface area contributed by atoms with Crippen molar-refractivity contribution < 1.29 is 4.79 Å². The predicted octanol–water partition coefficient (Wildman–Crippen LogP) is 1.56. The molecule has 3 aliphatic rings. The number of carbonyl (C=O) groups is 1. The topological polar surface area (TPSA) is 29.1 Å². The zero-order chi connectivity index (χ0) is 9.00. The first-order valence-electron chi connectivity index (χ1n) is 5.56. The van der Waals surface area contributed by atoms with Crippen LogP contribution < -0.4 is 5.32 Å². The van der Waals surface area contributed by atoms with Gasteiger partial charge in [-0.15, -0.1) is 0 Å². The average molecular weight is 179 g/mol. The number of amides is 1. The summed E-state index contributed by atoms with van der Waals surface area (Å²) < 4.78 is 0. The molecule has 2 heteroatoms. The molecule has 1 N–H and O–H groups in total. The quantitative estimate of drug-likeness (QED) is 0.700. The first-order valence-corrected chi connectivity index (χ1v) is 5.56. The molecule has 0 spiro atoms. The van der Waals surface area contributed by atoms with E-state index < -0.39 is 0 Å². The number of rotatable bonds is 3. The van der Waals surface area contributed by atoms with E-state index in [4.69, 9.17) is 0 Å². The molecule has 3 aliphatic carbocycles. The van der Waals surface area contributed by atoms with Gasteiger partial charge in [-0.05, 0) is 43.4 Å². The van der Waals surface area contributed by atoms with Crippen molar-refractivity contribution in [2.24, 2.45) is 23.7 Å². The largest absolute Gasteiger partial charge is 0.353 e. The molecule has 3 rings (SSSR count). The highest BCUT2D eigenvalue weighted by molar-refractivity contribution is 5.82. The van der Waals surface area contributed by atoms with Crippen molar-refractivity contribution in [1.82, 2.24) is 5.32 Å². The van der Waals surface area contributed by atoms with Crippen LogP contribution in [-0.4, -0.2) is 11.9 Å². The standard InChI is InChI=1S/C11H17NO/c1-6-4-8(6)11(13)12-10-5-9(10)7-2-3-7/h6-10H,2-5H2,1H3,(H,12,13)/t6-,8-,9?,10?/m1/s1. The van der Waals surface area contributed by atoms with Crippen LogP contribution in [0.5, 0.6) is 0 Å². The van der Waals surface area contributed by atoms with Crippen molar-refractivity contribution in [3.05, 3.63) is 0 Å². The Morgan fingerprint density at radius 1 is 1.31 bits per heavy atom. The zero-order valence-electron chi connectivity index (χ0n) is 8.12. The van der Waals surface area contributed by atoms with Crippen molar-refractivity contribution in [2.75, 3.05) is 0 Å². The number of hydrogen-bond acceptors (Lipinski definition) is 1. The monoisotopic (exact) mass is 179 g/mol. The van der Waals surface area contributed by atoms with Crippen LogP contribution in [0.3, 0.4) is 0 Å². The van der Waals surface area contributed by atoms with Gasteiger partial charge in [0.25, 0.3) is 0 Å². The second-order valence-electron chi connectivity index (χ2n) is 5.17. The summed E-state index contributed by atoms with van der Waals surface area (Å²) in [6, 6.07) is 0.563. The highest BCUT2D eigenvalue weighted by Crippen LogP contribution is 2.50. The fourth-order valence-corrected chi connectivity index (χ4v) is 2.40. The second kappa shape index (κ2) is 2.49. The average Bonchev–Trinajstić information content (AvgIpc) is 2.89. The summed E-state index contributed by atoms with van der Waals surface area (Å²) >= 11 is 0. The Bertz CT molecular complexity index is 246. The van der Waals surface area contributed by atoms with Crippen molar-refractivity contribution in [1.29, 1.82) is 0 Å². The van der Waals surface area contributed by atoms with Gasteiger partial charge in [0.1, 0.15) is 0 Å².